The van der Waals surface area contributed by atoms with Crippen molar-refractivity contribution in [1.29, 1.82) is 0 Å². The summed E-state index contributed by atoms with van der Waals surface area (Å²) in [6.45, 7) is 5.36. The molecule has 0 spiro atoms. The number of halogens is 3. The molecular formula is C22H20F3N3O2. The van der Waals surface area contributed by atoms with Gasteiger partial charge in [0.15, 0.2) is 0 Å². The van der Waals surface area contributed by atoms with Gasteiger partial charge in [-0.2, -0.15) is 13.2 Å². The van der Waals surface area contributed by atoms with Crippen molar-refractivity contribution >= 4 is 17.4 Å². The minimum Gasteiger partial charge on any atom is -0.457 e. The zero-order valence-corrected chi connectivity index (χ0v) is 16.6. The molecule has 0 aliphatic heterocycles. The predicted octanol–water partition coefficient (Wildman–Crippen LogP) is 6.10. The summed E-state index contributed by atoms with van der Waals surface area (Å²) in [6, 6.07) is 12.7. The van der Waals surface area contributed by atoms with E-state index < -0.39 is 11.7 Å². The van der Waals surface area contributed by atoms with Gasteiger partial charge >= 0.3 is 6.18 Å². The summed E-state index contributed by atoms with van der Waals surface area (Å²) in [7, 11) is 0. The Kier molecular flexibility index (Phi) is 6.05. The Morgan fingerprint density at radius 3 is 2.03 bits per heavy atom. The summed E-state index contributed by atoms with van der Waals surface area (Å²) >= 11 is 0. The largest absolute Gasteiger partial charge is 0.457 e. The molecule has 1 heterocycles. The number of anilines is 2. The zero-order chi connectivity index (χ0) is 21.9. The van der Waals surface area contributed by atoms with Gasteiger partial charge in [0.05, 0.1) is 11.3 Å². The molecule has 0 fully saturated rings. The number of hydrogen-bond donors (Lipinski definition) is 0. The number of benzene rings is 2. The molecule has 1 amide bonds. The lowest BCUT2D eigenvalue weighted by atomic mass is 10.2. The molecule has 0 N–H and O–H groups in total. The SMILES string of the molecule is CC(=O)N(c1ccc(Oc2ccc(C(F)(F)F)cc2)cc1)c1ccnc(C(C)C)n1. The Bertz CT molecular complexity index is 1020. The van der Waals surface area contributed by atoms with Crippen LogP contribution in [0.15, 0.2) is 60.8 Å². The number of rotatable bonds is 5. The van der Waals surface area contributed by atoms with E-state index in [1.165, 1.54) is 24.0 Å². The number of nitrogens with zero attached hydrogens (tertiary/aromatic N) is 3. The van der Waals surface area contributed by atoms with E-state index in [0.29, 0.717) is 23.1 Å². The van der Waals surface area contributed by atoms with Crippen LogP contribution in [-0.4, -0.2) is 15.9 Å². The first-order valence-electron chi connectivity index (χ1n) is 9.24. The van der Waals surface area contributed by atoms with Crippen LogP contribution in [0.4, 0.5) is 24.7 Å². The summed E-state index contributed by atoms with van der Waals surface area (Å²) in [5.74, 6) is 1.67. The molecule has 0 aliphatic rings. The average Bonchev–Trinajstić information content (AvgIpc) is 2.69. The van der Waals surface area contributed by atoms with Crippen molar-refractivity contribution in [3.8, 4) is 11.5 Å². The number of alkyl halides is 3. The molecule has 0 saturated carbocycles. The minimum atomic E-state index is -4.40. The Hall–Kier alpha value is -3.42. The maximum absolute atomic E-state index is 12.7. The normalized spacial score (nSPS) is 11.4. The van der Waals surface area contributed by atoms with Crippen LogP contribution in [0, 0.1) is 0 Å². The van der Waals surface area contributed by atoms with E-state index in [-0.39, 0.29) is 17.6 Å². The third-order valence-electron chi connectivity index (χ3n) is 4.23. The Balaban J connectivity index is 1.81. The van der Waals surface area contributed by atoms with Crippen LogP contribution in [0.25, 0.3) is 0 Å². The highest BCUT2D eigenvalue weighted by Gasteiger charge is 2.30. The van der Waals surface area contributed by atoms with E-state index >= 15 is 0 Å². The molecule has 3 rings (SSSR count). The van der Waals surface area contributed by atoms with Crippen molar-refractivity contribution in [2.24, 2.45) is 0 Å². The zero-order valence-electron chi connectivity index (χ0n) is 16.6. The molecular weight excluding hydrogens is 395 g/mol. The van der Waals surface area contributed by atoms with E-state index in [1.54, 1.807) is 36.5 Å². The van der Waals surface area contributed by atoms with Gasteiger partial charge in [-0.25, -0.2) is 9.97 Å². The number of carbonyl (C=O) groups is 1. The van der Waals surface area contributed by atoms with Crippen LogP contribution in [0.2, 0.25) is 0 Å². The van der Waals surface area contributed by atoms with Crippen LogP contribution >= 0.6 is 0 Å². The highest BCUT2D eigenvalue weighted by molar-refractivity contribution is 5.98. The Morgan fingerprint density at radius 1 is 0.967 bits per heavy atom. The van der Waals surface area contributed by atoms with E-state index in [4.69, 9.17) is 4.74 Å². The van der Waals surface area contributed by atoms with Gasteiger partial charge in [0, 0.05) is 19.0 Å². The third-order valence-corrected chi connectivity index (χ3v) is 4.23. The summed E-state index contributed by atoms with van der Waals surface area (Å²) in [5, 5.41) is 0. The average molecular weight is 415 g/mol. The second kappa shape index (κ2) is 8.52. The Morgan fingerprint density at radius 2 is 1.53 bits per heavy atom. The van der Waals surface area contributed by atoms with Gasteiger partial charge in [0.25, 0.3) is 0 Å². The predicted molar refractivity (Wildman–Crippen MR) is 107 cm³/mol. The lowest BCUT2D eigenvalue weighted by molar-refractivity contribution is -0.137. The number of amides is 1. The third kappa shape index (κ3) is 4.94. The quantitative estimate of drug-likeness (QED) is 0.506. The molecule has 0 unspecified atom stereocenters. The van der Waals surface area contributed by atoms with Crippen LogP contribution in [-0.2, 0) is 11.0 Å². The van der Waals surface area contributed by atoms with Crippen molar-refractivity contribution in [1.82, 2.24) is 9.97 Å². The molecule has 0 bridgehead atoms. The molecule has 0 aliphatic carbocycles. The minimum absolute atomic E-state index is 0.110. The second-order valence-corrected chi connectivity index (χ2v) is 6.90. The van der Waals surface area contributed by atoms with E-state index in [0.717, 1.165) is 12.1 Å². The molecule has 8 heteroatoms. The van der Waals surface area contributed by atoms with Crippen LogP contribution in [0.1, 0.15) is 38.1 Å². The van der Waals surface area contributed by atoms with Crippen LogP contribution < -0.4 is 9.64 Å². The first kappa shape index (κ1) is 21.3. The monoisotopic (exact) mass is 415 g/mol. The Labute approximate surface area is 172 Å². The lowest BCUT2D eigenvalue weighted by Crippen LogP contribution is -2.24. The van der Waals surface area contributed by atoms with Crippen molar-refractivity contribution in [2.75, 3.05) is 4.90 Å². The highest BCUT2D eigenvalue weighted by Crippen LogP contribution is 2.32. The second-order valence-electron chi connectivity index (χ2n) is 6.90. The van der Waals surface area contributed by atoms with Crippen LogP contribution in [0.3, 0.4) is 0 Å². The highest BCUT2D eigenvalue weighted by atomic mass is 19.4. The van der Waals surface area contributed by atoms with E-state index in [2.05, 4.69) is 9.97 Å². The van der Waals surface area contributed by atoms with Gasteiger partial charge in [0.1, 0.15) is 23.1 Å². The van der Waals surface area contributed by atoms with Gasteiger partial charge in [-0.3, -0.25) is 9.69 Å². The van der Waals surface area contributed by atoms with Crippen LogP contribution in [0.5, 0.6) is 11.5 Å². The van der Waals surface area contributed by atoms with Gasteiger partial charge in [0.2, 0.25) is 5.91 Å². The fourth-order valence-electron chi connectivity index (χ4n) is 2.75. The number of aromatic nitrogens is 2. The van der Waals surface area contributed by atoms with Gasteiger partial charge in [-0.05, 0) is 54.6 Å². The van der Waals surface area contributed by atoms with Gasteiger partial charge < -0.3 is 4.74 Å². The lowest BCUT2D eigenvalue weighted by Gasteiger charge is -2.21. The fourth-order valence-corrected chi connectivity index (χ4v) is 2.75. The van der Waals surface area contributed by atoms with Crippen molar-refractivity contribution < 1.29 is 22.7 Å². The smallest absolute Gasteiger partial charge is 0.416 e. The van der Waals surface area contributed by atoms with Gasteiger partial charge in [-0.1, -0.05) is 13.8 Å². The standard InChI is InChI=1S/C22H20F3N3O2/c1-14(2)21-26-13-12-20(27-21)28(15(3)29)17-6-10-19(11-7-17)30-18-8-4-16(5-9-18)22(23,24)25/h4-14H,1-3H3. The molecule has 5 nitrogen and oxygen atoms in total. The number of hydrogen-bond acceptors (Lipinski definition) is 4. The molecule has 156 valence electrons. The number of ether oxygens (including phenoxy) is 1. The molecule has 0 saturated heterocycles. The molecule has 30 heavy (non-hydrogen) atoms. The summed E-state index contributed by atoms with van der Waals surface area (Å²) < 4.78 is 43.6. The van der Waals surface area contributed by atoms with Crippen molar-refractivity contribution in [2.45, 2.75) is 32.9 Å². The molecule has 2 aromatic carbocycles. The summed E-state index contributed by atoms with van der Waals surface area (Å²) in [4.78, 5) is 22.4. The van der Waals surface area contributed by atoms with E-state index in [1.807, 2.05) is 13.8 Å². The maximum Gasteiger partial charge on any atom is 0.416 e. The topological polar surface area (TPSA) is 55.3 Å². The summed E-state index contributed by atoms with van der Waals surface area (Å²) in [6.07, 6.45) is -2.79. The fraction of sp³-hybridized carbons (Fsp3) is 0.227. The maximum atomic E-state index is 12.7. The summed E-state index contributed by atoms with van der Waals surface area (Å²) in [5.41, 5.74) is -0.163. The van der Waals surface area contributed by atoms with Gasteiger partial charge in [-0.15, -0.1) is 0 Å². The molecule has 1 aromatic heterocycles. The number of carbonyl (C=O) groups excluding carboxylic acids is 1. The first-order chi connectivity index (χ1) is 14.1. The molecule has 3 aromatic rings. The first-order valence-corrected chi connectivity index (χ1v) is 9.24. The van der Waals surface area contributed by atoms with E-state index in [9.17, 15) is 18.0 Å². The van der Waals surface area contributed by atoms with Crippen molar-refractivity contribution in [3.05, 3.63) is 72.2 Å². The molecule has 0 radical (unpaired) electrons. The molecule has 0 atom stereocenters. The van der Waals surface area contributed by atoms with Crippen molar-refractivity contribution in [3.63, 3.8) is 0 Å².